The zero-order valence-electron chi connectivity index (χ0n) is 18.2. The van der Waals surface area contributed by atoms with Crippen LogP contribution in [0.2, 0.25) is 0 Å². The number of amides is 1. The molecule has 2 atom stereocenters. The number of carbonyl (C=O) groups excluding carboxylic acids is 1. The lowest BCUT2D eigenvalue weighted by molar-refractivity contribution is -0.192. The van der Waals surface area contributed by atoms with Gasteiger partial charge in [-0.2, -0.15) is 18.4 Å². The second kappa shape index (κ2) is 10.1. The maximum Gasteiger partial charge on any atom is 0.490 e. The molecule has 4 rings (SSSR count). The third-order valence-corrected chi connectivity index (χ3v) is 5.80. The molecule has 2 aromatic rings. The lowest BCUT2D eigenvalue weighted by Gasteiger charge is -2.27. The van der Waals surface area contributed by atoms with Crippen molar-refractivity contribution in [3.05, 3.63) is 59.3 Å². The molecule has 0 spiro atoms. The third-order valence-electron chi connectivity index (χ3n) is 5.80. The van der Waals surface area contributed by atoms with Crippen LogP contribution in [0.4, 0.5) is 13.2 Å². The summed E-state index contributed by atoms with van der Waals surface area (Å²) in [4.78, 5) is 28.0. The van der Waals surface area contributed by atoms with E-state index >= 15 is 0 Å². The molecule has 0 unspecified atom stereocenters. The summed E-state index contributed by atoms with van der Waals surface area (Å²) >= 11 is 0. The molecule has 0 aliphatic carbocycles. The first-order chi connectivity index (χ1) is 16.1. The number of carboxylic acids is 1. The molecule has 2 fully saturated rings. The molecule has 180 valence electrons. The van der Waals surface area contributed by atoms with E-state index in [9.17, 15) is 18.0 Å². The van der Waals surface area contributed by atoms with Crippen LogP contribution in [0, 0.1) is 29.6 Å². The molecule has 1 amide bonds. The molecule has 0 saturated carbocycles. The molecule has 34 heavy (non-hydrogen) atoms. The maximum atomic E-state index is 13.0. The minimum Gasteiger partial charge on any atom is -0.477 e. The van der Waals surface area contributed by atoms with Crippen LogP contribution in [-0.4, -0.2) is 66.0 Å². The van der Waals surface area contributed by atoms with Crippen LogP contribution in [0.1, 0.15) is 21.5 Å². The summed E-state index contributed by atoms with van der Waals surface area (Å²) in [5.41, 5.74) is 2.03. The lowest BCUT2D eigenvalue weighted by Crippen LogP contribution is -2.38. The second-order valence-electron chi connectivity index (χ2n) is 8.16. The molecular weight excluding hydrogens is 455 g/mol. The Morgan fingerprint density at radius 2 is 2.03 bits per heavy atom. The van der Waals surface area contributed by atoms with E-state index in [0.717, 1.165) is 11.1 Å². The van der Waals surface area contributed by atoms with Crippen molar-refractivity contribution in [3.8, 4) is 11.9 Å². The number of nitriles is 1. The van der Waals surface area contributed by atoms with Gasteiger partial charge in [0.1, 0.15) is 6.07 Å². The number of alkyl halides is 3. The van der Waals surface area contributed by atoms with E-state index in [2.05, 4.69) is 4.98 Å². The zero-order chi connectivity index (χ0) is 24.9. The normalized spacial score (nSPS) is 21.1. The predicted octanol–water partition coefficient (Wildman–Crippen LogP) is 3.06. The molecule has 0 radical (unpaired) electrons. The fourth-order valence-electron chi connectivity index (χ4n) is 3.92. The van der Waals surface area contributed by atoms with Crippen molar-refractivity contribution in [3.63, 3.8) is 0 Å². The van der Waals surface area contributed by atoms with Gasteiger partial charge in [-0.25, -0.2) is 9.78 Å². The summed E-state index contributed by atoms with van der Waals surface area (Å²) in [5.74, 6) is -1.95. The fraction of sp³-hybridized carbons (Fsp3) is 0.391. The molecular formula is C23H22F3N3O5. The van der Waals surface area contributed by atoms with Gasteiger partial charge in [-0.15, -0.1) is 0 Å². The van der Waals surface area contributed by atoms with E-state index < -0.39 is 12.1 Å². The summed E-state index contributed by atoms with van der Waals surface area (Å²) in [7, 11) is 0. The molecule has 1 N–H and O–H groups in total. The Hall–Kier alpha value is -3.65. The minimum absolute atomic E-state index is 0.0679. The van der Waals surface area contributed by atoms with Gasteiger partial charge in [0, 0.05) is 36.8 Å². The van der Waals surface area contributed by atoms with Crippen LogP contribution in [0.3, 0.4) is 0 Å². The van der Waals surface area contributed by atoms with E-state index in [0.29, 0.717) is 44.4 Å². The number of hydrogen-bond donors (Lipinski definition) is 1. The van der Waals surface area contributed by atoms with E-state index in [4.69, 9.17) is 24.6 Å². The number of likely N-dealkylation sites (tertiary alicyclic amines) is 1. The quantitative estimate of drug-likeness (QED) is 0.720. The number of carbonyl (C=O) groups is 2. The van der Waals surface area contributed by atoms with Gasteiger partial charge in [0.25, 0.3) is 5.91 Å². The van der Waals surface area contributed by atoms with Crippen molar-refractivity contribution in [2.75, 3.05) is 32.9 Å². The van der Waals surface area contributed by atoms with E-state index in [1.807, 2.05) is 42.2 Å². The van der Waals surface area contributed by atoms with Gasteiger partial charge in [0.05, 0.1) is 30.8 Å². The summed E-state index contributed by atoms with van der Waals surface area (Å²) in [6.45, 7) is 4.91. The Kier molecular flexibility index (Phi) is 7.41. The van der Waals surface area contributed by atoms with Gasteiger partial charge >= 0.3 is 12.1 Å². The number of rotatable bonds is 4. The number of aryl methyl sites for hydroxylation is 1. The number of ether oxygens (including phenoxy) is 2. The molecule has 11 heteroatoms. The molecule has 8 nitrogen and oxygen atoms in total. The third kappa shape index (κ3) is 5.63. The number of nitrogens with zero attached hydrogens (tertiary/aromatic N) is 3. The van der Waals surface area contributed by atoms with E-state index in [-0.39, 0.29) is 17.2 Å². The van der Waals surface area contributed by atoms with Crippen LogP contribution in [0.5, 0.6) is 5.88 Å². The topological polar surface area (TPSA) is 113 Å². The Morgan fingerprint density at radius 1 is 1.32 bits per heavy atom. The Bertz CT molecular complexity index is 1080. The summed E-state index contributed by atoms with van der Waals surface area (Å²) in [5, 5.41) is 16.0. The minimum atomic E-state index is -5.08. The highest BCUT2D eigenvalue weighted by Crippen LogP contribution is 2.42. The van der Waals surface area contributed by atoms with Crippen molar-refractivity contribution in [2.45, 2.75) is 13.1 Å². The number of halogens is 3. The van der Waals surface area contributed by atoms with Crippen molar-refractivity contribution in [1.82, 2.24) is 9.88 Å². The standard InChI is InChI=1S/C21H21N3O3.C2HF3O2/c1-15-4-2-3-5-18(15)20(25)24-10-17-11-26-13-21(17,12-24)14-27-19-7-6-16(8-22)9-23-19;3-2(4,5)1(6)7/h2-7,9,17H,10-14H2,1H3;(H,6,7)/t17-,21+;/m1./s1. The van der Waals surface area contributed by atoms with Crippen molar-refractivity contribution < 1.29 is 37.3 Å². The first-order valence-electron chi connectivity index (χ1n) is 10.3. The SMILES string of the molecule is Cc1ccccc1C(=O)N1C[C@@H]2COC[C@]2(COc2ccc(C#N)cn2)C1.O=C(O)C(F)(F)F. The van der Waals surface area contributed by atoms with Crippen molar-refractivity contribution >= 4 is 11.9 Å². The highest BCUT2D eigenvalue weighted by molar-refractivity contribution is 5.95. The average molecular weight is 477 g/mol. The molecule has 0 bridgehead atoms. The number of pyridine rings is 1. The van der Waals surface area contributed by atoms with Crippen LogP contribution in [0.15, 0.2) is 42.6 Å². The van der Waals surface area contributed by atoms with Crippen LogP contribution in [-0.2, 0) is 9.53 Å². The van der Waals surface area contributed by atoms with Crippen LogP contribution in [0.25, 0.3) is 0 Å². The molecule has 1 aromatic carbocycles. The Morgan fingerprint density at radius 3 is 2.62 bits per heavy atom. The number of hydrogen-bond acceptors (Lipinski definition) is 6. The van der Waals surface area contributed by atoms with E-state index in [1.165, 1.54) is 6.20 Å². The van der Waals surface area contributed by atoms with Gasteiger partial charge in [0.15, 0.2) is 0 Å². The highest BCUT2D eigenvalue weighted by atomic mass is 19.4. The van der Waals surface area contributed by atoms with Crippen LogP contribution < -0.4 is 4.74 Å². The summed E-state index contributed by atoms with van der Waals surface area (Å²) in [6, 6.07) is 13.1. The molecule has 3 heterocycles. The lowest BCUT2D eigenvalue weighted by atomic mass is 9.82. The summed E-state index contributed by atoms with van der Waals surface area (Å²) < 4.78 is 43.4. The van der Waals surface area contributed by atoms with Crippen molar-refractivity contribution in [1.29, 1.82) is 5.26 Å². The number of fused-ring (bicyclic) bond motifs is 1. The Labute approximate surface area is 193 Å². The van der Waals surface area contributed by atoms with Gasteiger partial charge in [0.2, 0.25) is 5.88 Å². The smallest absolute Gasteiger partial charge is 0.477 e. The number of aliphatic carboxylic acids is 1. The zero-order valence-corrected chi connectivity index (χ0v) is 18.2. The van der Waals surface area contributed by atoms with E-state index in [1.54, 1.807) is 12.1 Å². The number of benzene rings is 1. The summed E-state index contributed by atoms with van der Waals surface area (Å²) in [6.07, 6.45) is -3.59. The van der Waals surface area contributed by atoms with Crippen LogP contribution >= 0.6 is 0 Å². The number of carboxylic acid groups (broad SMARTS) is 1. The molecule has 2 saturated heterocycles. The predicted molar refractivity (Wildman–Crippen MR) is 112 cm³/mol. The Balaban J connectivity index is 0.000000406. The van der Waals surface area contributed by atoms with Gasteiger partial charge in [-0.1, -0.05) is 18.2 Å². The van der Waals surface area contributed by atoms with Gasteiger partial charge < -0.3 is 19.5 Å². The highest BCUT2D eigenvalue weighted by Gasteiger charge is 2.52. The monoisotopic (exact) mass is 477 g/mol. The average Bonchev–Trinajstić information content (AvgIpc) is 3.35. The maximum absolute atomic E-state index is 13.0. The molecule has 2 aliphatic rings. The number of aromatic nitrogens is 1. The first-order valence-corrected chi connectivity index (χ1v) is 10.3. The molecule has 1 aromatic heterocycles. The first kappa shape index (κ1) is 25.0. The van der Waals surface area contributed by atoms with Gasteiger partial charge in [-0.3, -0.25) is 4.79 Å². The van der Waals surface area contributed by atoms with Gasteiger partial charge in [-0.05, 0) is 24.6 Å². The largest absolute Gasteiger partial charge is 0.490 e. The van der Waals surface area contributed by atoms with Crippen molar-refractivity contribution in [2.24, 2.45) is 11.3 Å². The molecule has 2 aliphatic heterocycles. The fourth-order valence-corrected chi connectivity index (χ4v) is 3.92. The second-order valence-corrected chi connectivity index (χ2v) is 8.16.